The van der Waals surface area contributed by atoms with Crippen LogP contribution in [0, 0.1) is 24.7 Å². The average Bonchev–Trinajstić information content (AvgIpc) is 2.59. The van der Waals surface area contributed by atoms with Crippen molar-refractivity contribution >= 4 is 11.6 Å². The number of nitrogens with one attached hydrogen (secondary N) is 1. The summed E-state index contributed by atoms with van der Waals surface area (Å²) in [5.74, 6) is 2.95. The number of rotatable bonds is 3. The van der Waals surface area contributed by atoms with Crippen LogP contribution in [0.15, 0.2) is 0 Å². The molecule has 1 aromatic rings. The second-order valence-electron chi connectivity index (χ2n) is 7.52. The lowest BCUT2D eigenvalue weighted by molar-refractivity contribution is -0.0208. The van der Waals surface area contributed by atoms with E-state index in [4.69, 9.17) is 11.6 Å². The summed E-state index contributed by atoms with van der Waals surface area (Å²) < 4.78 is 1.94. The second-order valence-corrected chi connectivity index (χ2v) is 7.90. The first-order chi connectivity index (χ1) is 9.55. The molecule has 3 nitrogen and oxygen atoms in total. The average molecular weight is 294 g/mol. The number of nitrogens with zero attached hydrogens (tertiary/aromatic N) is 2. The summed E-state index contributed by atoms with van der Waals surface area (Å²) in [5, 5.41) is 9.15. The van der Waals surface area contributed by atoms with E-state index in [0.717, 1.165) is 40.7 Å². The van der Waals surface area contributed by atoms with Crippen LogP contribution in [0.4, 0.5) is 0 Å². The Kier molecular flexibility index (Phi) is 2.94. The van der Waals surface area contributed by atoms with Gasteiger partial charge >= 0.3 is 0 Å². The van der Waals surface area contributed by atoms with Crippen molar-refractivity contribution in [1.29, 1.82) is 0 Å². The number of aryl methyl sites for hydroxylation is 2. The van der Waals surface area contributed by atoms with Crippen LogP contribution in [0.3, 0.4) is 0 Å². The van der Waals surface area contributed by atoms with Crippen LogP contribution in [0.1, 0.15) is 49.9 Å². The molecule has 4 bridgehead atoms. The fourth-order valence-corrected chi connectivity index (χ4v) is 5.70. The Morgan fingerprint density at radius 2 is 1.75 bits per heavy atom. The van der Waals surface area contributed by atoms with Gasteiger partial charge in [-0.05, 0) is 63.2 Å². The molecule has 0 spiro atoms. The molecule has 5 rings (SSSR count). The van der Waals surface area contributed by atoms with E-state index in [0.29, 0.717) is 5.54 Å². The van der Waals surface area contributed by atoms with Crippen molar-refractivity contribution in [2.24, 2.45) is 24.8 Å². The van der Waals surface area contributed by atoms with Gasteiger partial charge in [0.25, 0.3) is 0 Å². The molecule has 4 aliphatic rings. The van der Waals surface area contributed by atoms with Gasteiger partial charge in [-0.3, -0.25) is 4.68 Å². The fourth-order valence-electron chi connectivity index (χ4n) is 5.47. The molecule has 0 aromatic carbocycles. The zero-order chi connectivity index (χ0) is 13.9. The smallest absolute Gasteiger partial charge is 0.0860 e. The molecule has 0 radical (unpaired) electrons. The molecule has 0 unspecified atom stereocenters. The van der Waals surface area contributed by atoms with Gasteiger partial charge in [0.1, 0.15) is 0 Å². The zero-order valence-corrected chi connectivity index (χ0v) is 13.2. The Hall–Kier alpha value is -0.540. The summed E-state index contributed by atoms with van der Waals surface area (Å²) in [6.07, 6.45) is 8.62. The van der Waals surface area contributed by atoms with Gasteiger partial charge in [0, 0.05) is 19.1 Å². The molecule has 0 saturated heterocycles. The predicted octanol–water partition coefficient (Wildman–Crippen LogP) is 3.44. The highest BCUT2D eigenvalue weighted by molar-refractivity contribution is 6.31. The molecule has 4 saturated carbocycles. The molecular formula is C16H24ClN3. The third kappa shape index (κ3) is 2.01. The Balaban J connectivity index is 1.52. The van der Waals surface area contributed by atoms with Gasteiger partial charge < -0.3 is 5.32 Å². The van der Waals surface area contributed by atoms with E-state index in [1.165, 1.54) is 38.5 Å². The van der Waals surface area contributed by atoms with Crippen LogP contribution in [0.5, 0.6) is 0 Å². The van der Waals surface area contributed by atoms with E-state index in [9.17, 15) is 0 Å². The molecule has 110 valence electrons. The summed E-state index contributed by atoms with van der Waals surface area (Å²) in [4.78, 5) is 0. The molecule has 0 atom stereocenters. The van der Waals surface area contributed by atoms with E-state index >= 15 is 0 Å². The van der Waals surface area contributed by atoms with Crippen molar-refractivity contribution in [1.82, 2.24) is 15.1 Å². The number of aromatic nitrogens is 2. The zero-order valence-electron chi connectivity index (χ0n) is 12.5. The molecule has 4 fully saturated rings. The van der Waals surface area contributed by atoms with Crippen molar-refractivity contribution in [2.45, 2.75) is 57.5 Å². The number of hydrogen-bond donors (Lipinski definition) is 1. The lowest BCUT2D eigenvalue weighted by atomic mass is 9.53. The second kappa shape index (κ2) is 4.48. The predicted molar refractivity (Wildman–Crippen MR) is 80.7 cm³/mol. The summed E-state index contributed by atoms with van der Waals surface area (Å²) in [5.41, 5.74) is 2.48. The SMILES string of the molecule is Cc1nn(C)c(CNC23CC4CC(CC(C4)C2)C3)c1Cl. The van der Waals surface area contributed by atoms with Gasteiger partial charge in [-0.25, -0.2) is 0 Å². The largest absolute Gasteiger partial charge is 0.306 e. The standard InChI is InChI=1S/C16H24ClN3/c1-10-15(17)14(20(2)19-10)9-18-16-6-11-3-12(7-16)5-13(4-11)8-16/h11-13,18H,3-9H2,1-2H3. The molecule has 4 aliphatic carbocycles. The first kappa shape index (κ1) is 13.1. The Labute approximate surface area is 126 Å². The van der Waals surface area contributed by atoms with Crippen LogP contribution < -0.4 is 5.32 Å². The maximum absolute atomic E-state index is 6.38. The lowest BCUT2D eigenvalue weighted by Gasteiger charge is -2.57. The monoisotopic (exact) mass is 293 g/mol. The first-order valence-electron chi connectivity index (χ1n) is 7.98. The third-order valence-corrected chi connectivity index (χ3v) is 6.42. The summed E-state index contributed by atoms with van der Waals surface area (Å²) in [6.45, 7) is 2.85. The Morgan fingerprint density at radius 1 is 1.20 bits per heavy atom. The van der Waals surface area contributed by atoms with E-state index < -0.39 is 0 Å². The van der Waals surface area contributed by atoms with Gasteiger partial charge in [0.05, 0.1) is 16.4 Å². The normalized spacial score (nSPS) is 38.6. The molecule has 1 N–H and O–H groups in total. The Bertz CT molecular complexity index is 499. The molecule has 0 amide bonds. The maximum Gasteiger partial charge on any atom is 0.0860 e. The van der Waals surface area contributed by atoms with Gasteiger partial charge in [0.2, 0.25) is 0 Å². The topological polar surface area (TPSA) is 29.9 Å². The lowest BCUT2D eigenvalue weighted by Crippen LogP contribution is -2.58. The van der Waals surface area contributed by atoms with Gasteiger partial charge in [-0.15, -0.1) is 0 Å². The minimum atomic E-state index is 0.399. The molecule has 20 heavy (non-hydrogen) atoms. The van der Waals surface area contributed by atoms with E-state index in [2.05, 4.69) is 10.4 Å². The fraction of sp³-hybridized carbons (Fsp3) is 0.812. The number of hydrogen-bond acceptors (Lipinski definition) is 2. The van der Waals surface area contributed by atoms with Crippen molar-refractivity contribution in [3.05, 3.63) is 16.4 Å². The van der Waals surface area contributed by atoms with Crippen molar-refractivity contribution in [3.8, 4) is 0 Å². The van der Waals surface area contributed by atoms with E-state index in [1.807, 2.05) is 18.7 Å². The minimum absolute atomic E-state index is 0.399. The van der Waals surface area contributed by atoms with Crippen LogP contribution in [-0.4, -0.2) is 15.3 Å². The molecule has 0 aliphatic heterocycles. The molecule has 1 heterocycles. The third-order valence-electron chi connectivity index (χ3n) is 5.93. The molecule has 1 aromatic heterocycles. The van der Waals surface area contributed by atoms with Crippen LogP contribution in [0.25, 0.3) is 0 Å². The molecular weight excluding hydrogens is 270 g/mol. The first-order valence-corrected chi connectivity index (χ1v) is 8.35. The highest BCUT2D eigenvalue weighted by atomic mass is 35.5. The van der Waals surface area contributed by atoms with Crippen LogP contribution in [-0.2, 0) is 13.6 Å². The summed E-state index contributed by atoms with van der Waals surface area (Å²) in [7, 11) is 2.00. The maximum atomic E-state index is 6.38. The highest BCUT2D eigenvalue weighted by Crippen LogP contribution is 2.55. The van der Waals surface area contributed by atoms with Gasteiger partial charge in [-0.1, -0.05) is 11.6 Å². The summed E-state index contributed by atoms with van der Waals surface area (Å²) in [6, 6.07) is 0. The summed E-state index contributed by atoms with van der Waals surface area (Å²) >= 11 is 6.38. The quantitative estimate of drug-likeness (QED) is 0.925. The molecule has 4 heteroatoms. The Morgan fingerprint density at radius 3 is 2.20 bits per heavy atom. The van der Waals surface area contributed by atoms with Crippen LogP contribution >= 0.6 is 11.6 Å². The van der Waals surface area contributed by atoms with Gasteiger partial charge in [-0.2, -0.15) is 5.10 Å². The van der Waals surface area contributed by atoms with Crippen molar-refractivity contribution in [2.75, 3.05) is 0 Å². The van der Waals surface area contributed by atoms with Crippen molar-refractivity contribution < 1.29 is 0 Å². The number of halogens is 1. The van der Waals surface area contributed by atoms with E-state index in [1.54, 1.807) is 0 Å². The minimum Gasteiger partial charge on any atom is -0.306 e. The van der Waals surface area contributed by atoms with Gasteiger partial charge in [0.15, 0.2) is 0 Å². The van der Waals surface area contributed by atoms with E-state index in [-0.39, 0.29) is 0 Å². The van der Waals surface area contributed by atoms with Crippen LogP contribution in [0.2, 0.25) is 5.02 Å². The van der Waals surface area contributed by atoms with Crippen molar-refractivity contribution in [3.63, 3.8) is 0 Å². The highest BCUT2D eigenvalue weighted by Gasteiger charge is 2.50.